The zero-order valence-electron chi connectivity index (χ0n) is 17.2. The van der Waals surface area contributed by atoms with Crippen LogP contribution in [0.4, 0.5) is 0 Å². The topological polar surface area (TPSA) is 25.8 Å². The highest BCUT2D eigenvalue weighted by Gasteiger charge is 2.24. The van der Waals surface area contributed by atoms with Gasteiger partial charge in [0.15, 0.2) is 8.68 Å². The second-order valence-electron chi connectivity index (χ2n) is 8.18. The van der Waals surface area contributed by atoms with Gasteiger partial charge in [-0.05, 0) is 12.8 Å². The van der Waals surface area contributed by atoms with E-state index in [1.54, 1.807) is 11.3 Å². The number of thioether (sulfide) groups is 2. The van der Waals surface area contributed by atoms with Crippen LogP contribution in [0.25, 0.3) is 0 Å². The second-order valence-corrected chi connectivity index (χ2v) is 13.1. The minimum Gasteiger partial charge on any atom is -0.131 e. The third-order valence-corrected chi connectivity index (χ3v) is 7.92. The first kappa shape index (κ1) is 23.3. The third kappa shape index (κ3) is 10.9. The quantitative estimate of drug-likeness (QED) is 0.231. The predicted molar refractivity (Wildman–Crippen MR) is 117 cm³/mol. The maximum Gasteiger partial charge on any atom is 0.175 e. The van der Waals surface area contributed by atoms with Gasteiger partial charge in [-0.3, -0.25) is 0 Å². The minimum atomic E-state index is 0.255. The van der Waals surface area contributed by atoms with Crippen molar-refractivity contribution in [2.45, 2.75) is 124 Å². The van der Waals surface area contributed by atoms with Gasteiger partial charge in [0.05, 0.1) is 0 Å². The van der Waals surface area contributed by atoms with E-state index in [4.69, 9.17) is 0 Å². The average Bonchev–Trinajstić information content (AvgIpc) is 2.93. The Morgan fingerprint density at radius 1 is 0.680 bits per heavy atom. The molecule has 0 fully saturated rings. The first-order chi connectivity index (χ1) is 11.8. The Kier molecular flexibility index (Phi) is 11.1. The largest absolute Gasteiger partial charge is 0.175 e. The van der Waals surface area contributed by atoms with Crippen LogP contribution in [0.3, 0.4) is 0 Å². The summed E-state index contributed by atoms with van der Waals surface area (Å²) in [6, 6.07) is 0. The molecule has 25 heavy (non-hydrogen) atoms. The lowest BCUT2D eigenvalue weighted by Gasteiger charge is -2.22. The molecular weight excluding hydrogens is 364 g/mol. The number of aromatic nitrogens is 2. The number of hydrogen-bond acceptors (Lipinski definition) is 5. The van der Waals surface area contributed by atoms with Gasteiger partial charge in [0.25, 0.3) is 0 Å². The van der Waals surface area contributed by atoms with Gasteiger partial charge < -0.3 is 0 Å². The van der Waals surface area contributed by atoms with Crippen molar-refractivity contribution < 1.29 is 0 Å². The fourth-order valence-corrected chi connectivity index (χ4v) is 7.04. The normalized spacial score (nSPS) is 12.7. The Balaban J connectivity index is 2.44. The summed E-state index contributed by atoms with van der Waals surface area (Å²) >= 11 is 5.59. The van der Waals surface area contributed by atoms with Gasteiger partial charge in [-0.25, -0.2) is 0 Å². The van der Waals surface area contributed by atoms with Crippen molar-refractivity contribution in [2.75, 3.05) is 0 Å². The lowest BCUT2D eigenvalue weighted by atomic mass is 10.0. The van der Waals surface area contributed by atoms with Crippen LogP contribution in [-0.2, 0) is 0 Å². The number of hydrogen-bond donors (Lipinski definition) is 0. The van der Waals surface area contributed by atoms with Crippen molar-refractivity contribution in [3.63, 3.8) is 0 Å². The van der Waals surface area contributed by atoms with Crippen molar-refractivity contribution in [1.29, 1.82) is 0 Å². The van der Waals surface area contributed by atoms with E-state index in [2.05, 4.69) is 51.7 Å². The molecule has 0 aliphatic carbocycles. The van der Waals surface area contributed by atoms with Gasteiger partial charge in [0, 0.05) is 9.49 Å². The zero-order chi connectivity index (χ0) is 18.8. The van der Waals surface area contributed by atoms with Gasteiger partial charge in [0.1, 0.15) is 0 Å². The SMILES string of the molecule is CCCCCCC(C)(C)Sc1nnc(SC(C)(C)CCCCCC)s1. The molecule has 5 heteroatoms. The molecule has 0 N–H and O–H groups in total. The predicted octanol–water partition coefficient (Wildman–Crippen LogP) is 8.22. The van der Waals surface area contributed by atoms with Gasteiger partial charge in [0.2, 0.25) is 0 Å². The zero-order valence-corrected chi connectivity index (χ0v) is 19.6. The van der Waals surface area contributed by atoms with Crippen molar-refractivity contribution in [3.8, 4) is 0 Å². The summed E-state index contributed by atoms with van der Waals surface area (Å²) < 4.78 is 2.77. The number of unbranched alkanes of at least 4 members (excludes halogenated alkanes) is 6. The Labute approximate surface area is 168 Å². The fraction of sp³-hybridized carbons (Fsp3) is 0.900. The smallest absolute Gasteiger partial charge is 0.131 e. The molecule has 0 atom stereocenters. The number of nitrogens with zero attached hydrogens (tertiary/aromatic N) is 2. The summed E-state index contributed by atoms with van der Waals surface area (Å²) in [4.78, 5) is 0. The molecule has 1 heterocycles. The summed E-state index contributed by atoms with van der Waals surface area (Å²) in [5.74, 6) is 0. The van der Waals surface area contributed by atoms with Crippen molar-refractivity contribution >= 4 is 34.9 Å². The van der Waals surface area contributed by atoms with Crippen molar-refractivity contribution in [2.24, 2.45) is 0 Å². The molecule has 0 aliphatic heterocycles. The third-order valence-electron chi connectivity index (χ3n) is 4.38. The maximum atomic E-state index is 4.45. The van der Waals surface area contributed by atoms with Gasteiger partial charge in [-0.15, -0.1) is 10.2 Å². The van der Waals surface area contributed by atoms with E-state index >= 15 is 0 Å². The molecule has 0 unspecified atom stereocenters. The maximum absolute atomic E-state index is 4.45. The van der Waals surface area contributed by atoms with E-state index in [1.165, 1.54) is 64.2 Å². The van der Waals surface area contributed by atoms with Crippen LogP contribution in [-0.4, -0.2) is 19.7 Å². The van der Waals surface area contributed by atoms with E-state index in [0.717, 1.165) is 8.68 Å². The lowest BCUT2D eigenvalue weighted by Crippen LogP contribution is -2.14. The first-order valence-electron chi connectivity index (χ1n) is 9.99. The van der Waals surface area contributed by atoms with E-state index in [9.17, 15) is 0 Å². The van der Waals surface area contributed by atoms with Crippen molar-refractivity contribution in [1.82, 2.24) is 10.2 Å². The van der Waals surface area contributed by atoms with E-state index in [0.29, 0.717) is 0 Å². The summed E-state index contributed by atoms with van der Waals surface area (Å²) in [5, 5.41) is 8.90. The molecule has 0 saturated heterocycles. The molecule has 0 saturated carbocycles. The Morgan fingerprint density at radius 2 is 1.08 bits per heavy atom. The monoisotopic (exact) mass is 402 g/mol. The summed E-state index contributed by atoms with van der Waals surface area (Å²) in [5.41, 5.74) is 0. The molecular formula is C20H38N2S3. The fourth-order valence-electron chi connectivity index (χ4n) is 2.81. The summed E-state index contributed by atoms with van der Waals surface area (Å²) in [7, 11) is 0. The van der Waals surface area contributed by atoms with Crippen LogP contribution >= 0.6 is 34.9 Å². The molecule has 2 nitrogen and oxygen atoms in total. The highest BCUT2D eigenvalue weighted by Crippen LogP contribution is 2.43. The molecule has 0 bridgehead atoms. The minimum absolute atomic E-state index is 0.255. The molecule has 1 aromatic rings. The van der Waals surface area contributed by atoms with E-state index in [-0.39, 0.29) is 9.49 Å². The van der Waals surface area contributed by atoms with E-state index in [1.807, 2.05) is 23.5 Å². The molecule has 0 aromatic carbocycles. The molecule has 1 aromatic heterocycles. The lowest BCUT2D eigenvalue weighted by molar-refractivity contribution is 0.558. The van der Waals surface area contributed by atoms with Gasteiger partial charge in [-0.1, -0.05) is 128 Å². The van der Waals surface area contributed by atoms with Crippen LogP contribution < -0.4 is 0 Å². The Morgan fingerprint density at radius 3 is 1.44 bits per heavy atom. The molecule has 146 valence electrons. The summed E-state index contributed by atoms with van der Waals surface area (Å²) in [6.45, 7) is 13.9. The number of rotatable bonds is 14. The summed E-state index contributed by atoms with van der Waals surface area (Å²) in [6.07, 6.45) is 13.2. The highest BCUT2D eigenvalue weighted by atomic mass is 32.2. The molecule has 0 aliphatic rings. The van der Waals surface area contributed by atoms with Crippen LogP contribution in [0.2, 0.25) is 0 Å². The standard InChI is InChI=1S/C20H38N2S3/c1-7-9-11-13-15-19(3,4)24-17-21-22-18(23-17)25-20(5,6)16-14-12-10-8-2/h7-16H2,1-6H3. The highest BCUT2D eigenvalue weighted by molar-refractivity contribution is 8.04. The molecule has 1 rings (SSSR count). The van der Waals surface area contributed by atoms with Gasteiger partial charge in [-0.2, -0.15) is 0 Å². The first-order valence-corrected chi connectivity index (χ1v) is 12.4. The molecule has 0 amide bonds. The molecule has 0 spiro atoms. The Hall–Kier alpha value is 0.260. The van der Waals surface area contributed by atoms with Crippen LogP contribution in [0.5, 0.6) is 0 Å². The van der Waals surface area contributed by atoms with E-state index < -0.39 is 0 Å². The Bertz CT molecular complexity index is 429. The van der Waals surface area contributed by atoms with Crippen LogP contribution in [0.15, 0.2) is 8.68 Å². The van der Waals surface area contributed by atoms with Gasteiger partial charge >= 0.3 is 0 Å². The van der Waals surface area contributed by atoms with Crippen LogP contribution in [0.1, 0.15) is 106 Å². The average molecular weight is 403 g/mol. The second kappa shape index (κ2) is 11.9. The van der Waals surface area contributed by atoms with Crippen molar-refractivity contribution in [3.05, 3.63) is 0 Å². The molecule has 0 radical (unpaired) electrons. The van der Waals surface area contributed by atoms with Crippen LogP contribution in [0, 0.1) is 0 Å².